The van der Waals surface area contributed by atoms with Crippen molar-refractivity contribution in [1.82, 2.24) is 10.2 Å². The Morgan fingerprint density at radius 1 is 1.47 bits per heavy atom. The molecule has 0 aliphatic carbocycles. The zero-order valence-electron chi connectivity index (χ0n) is 12.1. The number of hydrogen-bond acceptors (Lipinski definition) is 2. The maximum Gasteiger partial charge on any atom is 0.00418 e. The van der Waals surface area contributed by atoms with Crippen LogP contribution in [0, 0.1) is 5.92 Å². The molecular weight excluding hydrogens is 208 g/mol. The average molecular weight is 238 g/mol. The molecule has 17 heavy (non-hydrogen) atoms. The van der Waals surface area contributed by atoms with Crippen molar-refractivity contribution in [3.63, 3.8) is 0 Å². The first-order valence-electron chi connectivity index (χ1n) is 7.13. The number of rotatable bonds is 6. The standard InChI is InChI=1S/C15H30N2/c1-13(2)7-5-8-14(3)16-11-15-9-6-10-17(4)12-15/h7,14-16H,5-6,8-12H2,1-4H3. The lowest BCUT2D eigenvalue weighted by molar-refractivity contribution is 0.203. The number of nitrogens with one attached hydrogen (secondary N) is 1. The van der Waals surface area contributed by atoms with Gasteiger partial charge in [0.05, 0.1) is 0 Å². The molecule has 0 bridgehead atoms. The molecule has 2 unspecified atom stereocenters. The molecule has 0 aromatic carbocycles. The van der Waals surface area contributed by atoms with Crippen molar-refractivity contribution in [2.45, 2.75) is 52.5 Å². The molecule has 0 aromatic heterocycles. The average Bonchev–Trinajstić information content (AvgIpc) is 2.26. The second-order valence-corrected chi connectivity index (χ2v) is 5.94. The fourth-order valence-corrected chi connectivity index (χ4v) is 2.53. The van der Waals surface area contributed by atoms with Crippen molar-refractivity contribution >= 4 is 0 Å². The third kappa shape index (κ3) is 6.85. The molecule has 1 aliphatic heterocycles. The summed E-state index contributed by atoms with van der Waals surface area (Å²) in [6, 6.07) is 0.651. The molecule has 1 rings (SSSR count). The van der Waals surface area contributed by atoms with Gasteiger partial charge in [0.2, 0.25) is 0 Å². The van der Waals surface area contributed by atoms with Gasteiger partial charge in [0.15, 0.2) is 0 Å². The summed E-state index contributed by atoms with van der Waals surface area (Å²) in [4.78, 5) is 2.46. The third-order valence-electron chi connectivity index (χ3n) is 3.63. The lowest BCUT2D eigenvalue weighted by atomic mass is 9.98. The van der Waals surface area contributed by atoms with E-state index in [1.54, 1.807) is 0 Å². The van der Waals surface area contributed by atoms with Crippen molar-refractivity contribution in [3.8, 4) is 0 Å². The van der Waals surface area contributed by atoms with Crippen molar-refractivity contribution < 1.29 is 0 Å². The predicted octanol–water partition coefficient (Wildman–Crippen LogP) is 3.05. The smallest absolute Gasteiger partial charge is 0.00418 e. The van der Waals surface area contributed by atoms with E-state index < -0.39 is 0 Å². The van der Waals surface area contributed by atoms with E-state index in [4.69, 9.17) is 0 Å². The Morgan fingerprint density at radius 2 is 2.24 bits per heavy atom. The zero-order valence-corrected chi connectivity index (χ0v) is 12.1. The fraction of sp³-hybridized carbons (Fsp3) is 0.867. The highest BCUT2D eigenvalue weighted by Gasteiger charge is 2.17. The second kappa shape index (κ2) is 7.88. The van der Waals surface area contributed by atoms with Crippen LogP contribution >= 0.6 is 0 Å². The molecule has 0 aromatic rings. The van der Waals surface area contributed by atoms with Crippen LogP contribution in [0.2, 0.25) is 0 Å². The van der Waals surface area contributed by atoms with E-state index >= 15 is 0 Å². The molecule has 2 atom stereocenters. The summed E-state index contributed by atoms with van der Waals surface area (Å²) in [6.07, 6.45) is 7.58. The highest BCUT2D eigenvalue weighted by Crippen LogP contribution is 2.14. The summed E-state index contributed by atoms with van der Waals surface area (Å²) < 4.78 is 0. The van der Waals surface area contributed by atoms with Gasteiger partial charge in [-0.15, -0.1) is 0 Å². The van der Waals surface area contributed by atoms with E-state index in [1.165, 1.54) is 50.9 Å². The molecule has 1 aliphatic rings. The minimum Gasteiger partial charge on any atom is -0.314 e. The van der Waals surface area contributed by atoms with Crippen LogP contribution in [0.4, 0.5) is 0 Å². The Bertz CT molecular complexity index is 231. The van der Waals surface area contributed by atoms with E-state index in [-0.39, 0.29) is 0 Å². The number of allylic oxidation sites excluding steroid dienone is 2. The molecule has 2 heteroatoms. The number of likely N-dealkylation sites (tertiary alicyclic amines) is 1. The first-order valence-corrected chi connectivity index (χ1v) is 7.13. The van der Waals surface area contributed by atoms with Gasteiger partial charge in [0.1, 0.15) is 0 Å². The molecule has 2 nitrogen and oxygen atoms in total. The van der Waals surface area contributed by atoms with Crippen molar-refractivity contribution in [3.05, 3.63) is 11.6 Å². The van der Waals surface area contributed by atoms with Gasteiger partial charge in [0.25, 0.3) is 0 Å². The minimum absolute atomic E-state index is 0.651. The van der Waals surface area contributed by atoms with Gasteiger partial charge >= 0.3 is 0 Å². The first-order chi connectivity index (χ1) is 8.08. The highest BCUT2D eigenvalue weighted by molar-refractivity contribution is 4.93. The lowest BCUT2D eigenvalue weighted by Gasteiger charge is -2.30. The topological polar surface area (TPSA) is 15.3 Å². The Hall–Kier alpha value is -0.340. The molecule has 1 heterocycles. The summed E-state index contributed by atoms with van der Waals surface area (Å²) in [5, 5.41) is 3.69. The highest BCUT2D eigenvalue weighted by atomic mass is 15.1. The maximum absolute atomic E-state index is 3.69. The fourth-order valence-electron chi connectivity index (χ4n) is 2.53. The van der Waals surface area contributed by atoms with Crippen molar-refractivity contribution in [2.24, 2.45) is 5.92 Å². The van der Waals surface area contributed by atoms with Crippen molar-refractivity contribution in [2.75, 3.05) is 26.7 Å². The van der Waals surface area contributed by atoms with Gasteiger partial charge in [0, 0.05) is 12.6 Å². The first kappa shape index (κ1) is 14.7. The molecule has 1 saturated heterocycles. The molecule has 100 valence electrons. The Balaban J connectivity index is 2.10. The Kier molecular flexibility index (Phi) is 6.83. The largest absolute Gasteiger partial charge is 0.314 e. The van der Waals surface area contributed by atoms with Crippen LogP contribution in [0.1, 0.15) is 46.5 Å². The maximum atomic E-state index is 3.69. The normalized spacial score (nSPS) is 23.4. The van der Waals surface area contributed by atoms with E-state index in [0.717, 1.165) is 5.92 Å². The van der Waals surface area contributed by atoms with Gasteiger partial charge in [-0.3, -0.25) is 0 Å². The number of piperidine rings is 1. The summed E-state index contributed by atoms with van der Waals surface area (Å²) in [5.41, 5.74) is 1.44. The van der Waals surface area contributed by atoms with Crippen LogP contribution in [0.3, 0.4) is 0 Å². The summed E-state index contributed by atoms with van der Waals surface area (Å²) >= 11 is 0. The van der Waals surface area contributed by atoms with Gasteiger partial charge < -0.3 is 10.2 Å². The lowest BCUT2D eigenvalue weighted by Crippen LogP contribution is -2.39. The summed E-state index contributed by atoms with van der Waals surface area (Å²) in [5.74, 6) is 0.861. The number of hydrogen-bond donors (Lipinski definition) is 1. The molecule has 1 N–H and O–H groups in total. The van der Waals surface area contributed by atoms with Crippen LogP contribution in [-0.4, -0.2) is 37.6 Å². The van der Waals surface area contributed by atoms with Gasteiger partial charge in [-0.25, -0.2) is 0 Å². The van der Waals surface area contributed by atoms with Crippen LogP contribution in [0.15, 0.2) is 11.6 Å². The molecule has 0 saturated carbocycles. The molecular formula is C15H30N2. The molecule has 0 amide bonds. The van der Waals surface area contributed by atoms with Crippen molar-refractivity contribution in [1.29, 1.82) is 0 Å². The zero-order chi connectivity index (χ0) is 12.7. The third-order valence-corrected chi connectivity index (χ3v) is 3.63. The van der Waals surface area contributed by atoms with E-state index in [9.17, 15) is 0 Å². The Labute approximate surface area is 107 Å². The molecule has 1 fully saturated rings. The van der Waals surface area contributed by atoms with Crippen LogP contribution in [-0.2, 0) is 0 Å². The predicted molar refractivity (Wildman–Crippen MR) is 76.4 cm³/mol. The van der Waals surface area contributed by atoms with E-state index in [1.807, 2.05) is 0 Å². The van der Waals surface area contributed by atoms with E-state index in [2.05, 4.69) is 44.1 Å². The molecule has 0 radical (unpaired) electrons. The monoisotopic (exact) mass is 238 g/mol. The second-order valence-electron chi connectivity index (χ2n) is 5.94. The number of nitrogens with zero attached hydrogens (tertiary/aromatic N) is 1. The van der Waals surface area contributed by atoms with Crippen LogP contribution < -0.4 is 5.32 Å². The van der Waals surface area contributed by atoms with Gasteiger partial charge in [-0.2, -0.15) is 0 Å². The summed E-state index contributed by atoms with van der Waals surface area (Å²) in [7, 11) is 2.24. The van der Waals surface area contributed by atoms with Gasteiger partial charge in [-0.05, 0) is 72.5 Å². The van der Waals surface area contributed by atoms with E-state index in [0.29, 0.717) is 6.04 Å². The minimum atomic E-state index is 0.651. The van der Waals surface area contributed by atoms with Crippen LogP contribution in [0.5, 0.6) is 0 Å². The van der Waals surface area contributed by atoms with Gasteiger partial charge in [-0.1, -0.05) is 11.6 Å². The van der Waals surface area contributed by atoms with Crippen LogP contribution in [0.25, 0.3) is 0 Å². The Morgan fingerprint density at radius 3 is 2.88 bits per heavy atom. The SMILES string of the molecule is CC(C)=CCCC(C)NCC1CCCN(C)C1. The molecule has 0 spiro atoms. The quantitative estimate of drug-likeness (QED) is 0.716. The summed E-state index contributed by atoms with van der Waals surface area (Å²) in [6.45, 7) is 10.4.